The molecule has 5 rings (SSSR count). The zero-order valence-electron chi connectivity index (χ0n) is 18.6. The molecule has 3 aromatic rings. The zero-order chi connectivity index (χ0) is 23.1. The molecule has 1 atom stereocenters. The minimum absolute atomic E-state index is 0.110. The van der Waals surface area contributed by atoms with Gasteiger partial charge in [-0.05, 0) is 38.1 Å². The summed E-state index contributed by atoms with van der Waals surface area (Å²) in [6.07, 6.45) is 1.40. The van der Waals surface area contributed by atoms with E-state index in [1.807, 2.05) is 19.1 Å². The third-order valence-electron chi connectivity index (χ3n) is 6.29. The van der Waals surface area contributed by atoms with Crippen molar-refractivity contribution < 1.29 is 9.59 Å². The second-order valence-electron chi connectivity index (χ2n) is 8.47. The highest BCUT2D eigenvalue weighted by Gasteiger charge is 2.32. The van der Waals surface area contributed by atoms with Crippen molar-refractivity contribution in [1.82, 2.24) is 14.4 Å². The van der Waals surface area contributed by atoms with Gasteiger partial charge >= 0.3 is 0 Å². The summed E-state index contributed by atoms with van der Waals surface area (Å²) < 4.78 is 2.10. The van der Waals surface area contributed by atoms with E-state index in [0.29, 0.717) is 32.6 Å². The summed E-state index contributed by atoms with van der Waals surface area (Å²) in [5.41, 5.74) is 2.64. The van der Waals surface area contributed by atoms with Gasteiger partial charge in [0.1, 0.15) is 5.56 Å². The molecule has 0 spiro atoms. The maximum absolute atomic E-state index is 13.7. The number of benzene rings is 1. The van der Waals surface area contributed by atoms with Gasteiger partial charge in [-0.15, -0.1) is 23.1 Å². The quantitative estimate of drug-likeness (QED) is 0.536. The molecule has 0 radical (unpaired) electrons. The molecule has 170 valence electrons. The molecule has 2 amide bonds. The standard InChI is InChI=1S/C25H25N3O3S2/c1-16-13-20(30)24(25(31)27-11-9-26(15-29)10-12-27)19-14-23(22-8-7-17(2)32-22)33-21-6-4-3-5-18(21)28(16)19/h3-8,13,15,23H,9-12,14H2,1-2H3/t23-/m0/s1. The summed E-state index contributed by atoms with van der Waals surface area (Å²) in [7, 11) is 0. The van der Waals surface area contributed by atoms with Gasteiger partial charge in [-0.2, -0.15) is 0 Å². The van der Waals surface area contributed by atoms with Gasteiger partial charge in [0.2, 0.25) is 6.41 Å². The molecule has 0 unspecified atom stereocenters. The van der Waals surface area contributed by atoms with Crippen LogP contribution in [0, 0.1) is 13.8 Å². The van der Waals surface area contributed by atoms with E-state index in [4.69, 9.17) is 0 Å². The van der Waals surface area contributed by atoms with Crippen LogP contribution in [0.3, 0.4) is 0 Å². The van der Waals surface area contributed by atoms with Crippen LogP contribution in [0.2, 0.25) is 0 Å². The summed E-state index contributed by atoms with van der Waals surface area (Å²) in [5.74, 6) is -0.236. The number of carbonyl (C=O) groups is 2. The smallest absolute Gasteiger partial charge is 0.259 e. The Labute approximate surface area is 200 Å². The molecule has 0 N–H and O–H groups in total. The van der Waals surface area contributed by atoms with Gasteiger partial charge in [-0.1, -0.05) is 12.1 Å². The number of thioether (sulfide) groups is 1. The first kappa shape index (κ1) is 22.0. The lowest BCUT2D eigenvalue weighted by atomic mass is 10.0. The summed E-state index contributed by atoms with van der Waals surface area (Å²) in [4.78, 5) is 45.0. The highest BCUT2D eigenvalue weighted by molar-refractivity contribution is 7.99. The van der Waals surface area contributed by atoms with Gasteiger partial charge in [0, 0.05) is 70.0 Å². The average molecular weight is 480 g/mol. The van der Waals surface area contributed by atoms with Crippen molar-refractivity contribution in [2.45, 2.75) is 30.4 Å². The molecule has 33 heavy (non-hydrogen) atoms. The largest absolute Gasteiger partial charge is 0.342 e. The van der Waals surface area contributed by atoms with E-state index in [2.05, 4.69) is 35.8 Å². The number of hydrogen-bond donors (Lipinski definition) is 0. The number of fused-ring (bicyclic) bond motifs is 3. The first-order valence-corrected chi connectivity index (χ1v) is 12.7. The monoisotopic (exact) mass is 479 g/mol. The number of nitrogens with zero attached hydrogens (tertiary/aromatic N) is 3. The predicted octanol–water partition coefficient (Wildman–Crippen LogP) is 3.82. The van der Waals surface area contributed by atoms with Crippen molar-refractivity contribution in [3.63, 3.8) is 0 Å². The average Bonchev–Trinajstić information content (AvgIpc) is 3.17. The Morgan fingerprint density at radius 3 is 2.52 bits per heavy atom. The minimum Gasteiger partial charge on any atom is -0.342 e. The highest BCUT2D eigenvalue weighted by Crippen LogP contribution is 2.46. The topological polar surface area (TPSA) is 62.6 Å². The maximum Gasteiger partial charge on any atom is 0.259 e. The lowest BCUT2D eigenvalue weighted by molar-refractivity contribution is -0.119. The van der Waals surface area contributed by atoms with E-state index in [9.17, 15) is 14.4 Å². The predicted molar refractivity (Wildman–Crippen MR) is 132 cm³/mol. The van der Waals surface area contributed by atoms with Crippen molar-refractivity contribution in [1.29, 1.82) is 0 Å². The van der Waals surface area contributed by atoms with Gasteiger partial charge in [-0.25, -0.2) is 0 Å². The Bertz CT molecular complexity index is 1290. The van der Waals surface area contributed by atoms with Crippen LogP contribution in [0.5, 0.6) is 0 Å². The maximum atomic E-state index is 13.7. The lowest BCUT2D eigenvalue weighted by Gasteiger charge is -2.33. The van der Waals surface area contributed by atoms with Gasteiger partial charge < -0.3 is 14.4 Å². The number of pyridine rings is 1. The van der Waals surface area contributed by atoms with E-state index in [-0.39, 0.29) is 22.1 Å². The molecular weight excluding hydrogens is 454 g/mol. The zero-order valence-corrected chi connectivity index (χ0v) is 20.2. The molecule has 1 fully saturated rings. The number of aryl methyl sites for hydroxylation is 2. The van der Waals surface area contributed by atoms with E-state index < -0.39 is 0 Å². The molecule has 2 aliphatic heterocycles. The van der Waals surface area contributed by atoms with Gasteiger partial charge in [0.05, 0.1) is 5.69 Å². The molecular formula is C25H25N3O3S2. The Morgan fingerprint density at radius 2 is 1.82 bits per heavy atom. The third-order valence-corrected chi connectivity index (χ3v) is 8.86. The number of thiophene rings is 1. The normalized spacial score (nSPS) is 17.8. The number of aromatic nitrogens is 1. The van der Waals surface area contributed by atoms with E-state index in [0.717, 1.165) is 28.4 Å². The third kappa shape index (κ3) is 4.02. The first-order valence-electron chi connectivity index (χ1n) is 11.0. The van der Waals surface area contributed by atoms with Gasteiger partial charge in [-0.3, -0.25) is 14.4 Å². The molecule has 1 aromatic carbocycles. The fourth-order valence-electron chi connectivity index (χ4n) is 4.64. The van der Waals surface area contributed by atoms with Crippen molar-refractivity contribution in [3.8, 4) is 5.69 Å². The van der Waals surface area contributed by atoms with Crippen molar-refractivity contribution >= 4 is 35.4 Å². The highest BCUT2D eigenvalue weighted by atomic mass is 32.2. The van der Waals surface area contributed by atoms with E-state index in [1.54, 1.807) is 39.0 Å². The van der Waals surface area contributed by atoms with Crippen LogP contribution in [0.25, 0.3) is 5.69 Å². The van der Waals surface area contributed by atoms with E-state index >= 15 is 0 Å². The number of amides is 2. The van der Waals surface area contributed by atoms with E-state index in [1.165, 1.54) is 9.75 Å². The number of hydrogen-bond acceptors (Lipinski definition) is 5. The minimum atomic E-state index is -0.236. The summed E-state index contributed by atoms with van der Waals surface area (Å²) in [6.45, 7) is 5.87. The van der Waals surface area contributed by atoms with Crippen molar-refractivity contribution in [3.05, 3.63) is 79.4 Å². The van der Waals surface area contributed by atoms with Crippen LogP contribution in [-0.4, -0.2) is 52.9 Å². The van der Waals surface area contributed by atoms with Gasteiger partial charge in [0.15, 0.2) is 5.43 Å². The molecule has 4 heterocycles. The molecule has 2 aromatic heterocycles. The molecule has 1 saturated heterocycles. The summed E-state index contributed by atoms with van der Waals surface area (Å²) >= 11 is 3.56. The molecule has 0 bridgehead atoms. The summed E-state index contributed by atoms with van der Waals surface area (Å²) in [6, 6.07) is 14.1. The Balaban J connectivity index is 1.66. The SMILES string of the molecule is Cc1ccc([C@@H]2Cc3c(C(=O)N4CCN(C=O)CC4)c(=O)cc(C)n3-c3ccccc3S2)s1. The van der Waals surface area contributed by atoms with Crippen molar-refractivity contribution in [2.24, 2.45) is 0 Å². The van der Waals surface area contributed by atoms with Crippen LogP contribution in [0.15, 0.2) is 52.2 Å². The van der Waals surface area contributed by atoms with Crippen molar-refractivity contribution in [2.75, 3.05) is 26.2 Å². The number of rotatable bonds is 3. The fourth-order valence-corrected chi connectivity index (χ4v) is 6.96. The number of piperazine rings is 1. The van der Waals surface area contributed by atoms with Crippen LogP contribution in [0.1, 0.15) is 36.8 Å². The molecule has 0 aliphatic carbocycles. The molecule has 0 saturated carbocycles. The Morgan fingerprint density at radius 1 is 1.06 bits per heavy atom. The fraction of sp³-hybridized carbons (Fsp3) is 0.320. The lowest BCUT2D eigenvalue weighted by Crippen LogP contribution is -2.49. The second kappa shape index (κ2) is 8.83. The summed E-state index contributed by atoms with van der Waals surface area (Å²) in [5, 5.41) is 0.110. The van der Waals surface area contributed by atoms with Crippen LogP contribution >= 0.6 is 23.1 Å². The number of carbonyl (C=O) groups excluding carboxylic acids is 2. The first-order chi connectivity index (χ1) is 16.0. The molecule has 6 nitrogen and oxygen atoms in total. The van der Waals surface area contributed by atoms with Gasteiger partial charge in [0.25, 0.3) is 5.91 Å². The molecule has 8 heteroatoms. The van der Waals surface area contributed by atoms with Crippen LogP contribution in [-0.2, 0) is 11.2 Å². The number of para-hydroxylation sites is 1. The Hall–Kier alpha value is -2.84. The molecule has 2 aliphatic rings. The Kier molecular flexibility index (Phi) is 5.88. The second-order valence-corrected chi connectivity index (χ2v) is 11.0. The van der Waals surface area contributed by atoms with Crippen LogP contribution in [0.4, 0.5) is 0 Å². The van der Waals surface area contributed by atoms with Crippen LogP contribution < -0.4 is 5.43 Å².